The molecule has 2 heterocycles. The predicted molar refractivity (Wildman–Crippen MR) is 94.2 cm³/mol. The van der Waals surface area contributed by atoms with Crippen LogP contribution in [0, 0.1) is 10.1 Å². The highest BCUT2D eigenvalue weighted by molar-refractivity contribution is 7.90. The first-order valence-electron chi connectivity index (χ1n) is 7.65. The summed E-state index contributed by atoms with van der Waals surface area (Å²) >= 11 is 0. The molecule has 130 valence electrons. The van der Waals surface area contributed by atoms with Crippen molar-refractivity contribution in [1.82, 2.24) is 8.96 Å². The van der Waals surface area contributed by atoms with Gasteiger partial charge >= 0.3 is 5.69 Å². The minimum absolute atomic E-state index is 0.121. The van der Waals surface area contributed by atoms with Crippen molar-refractivity contribution in [3.63, 3.8) is 0 Å². The molecule has 25 heavy (non-hydrogen) atoms. The van der Waals surface area contributed by atoms with Gasteiger partial charge in [-0.25, -0.2) is 17.4 Å². The molecule has 0 saturated carbocycles. The van der Waals surface area contributed by atoms with Gasteiger partial charge in [0.25, 0.3) is 10.0 Å². The first-order chi connectivity index (χ1) is 12.0. The Morgan fingerprint density at radius 3 is 2.60 bits per heavy atom. The summed E-state index contributed by atoms with van der Waals surface area (Å²) < 4.78 is 26.7. The van der Waals surface area contributed by atoms with Crippen LogP contribution in [0.2, 0.25) is 0 Å². The Labute approximate surface area is 144 Å². The molecule has 0 spiro atoms. The van der Waals surface area contributed by atoms with Gasteiger partial charge in [-0.15, -0.1) is 0 Å². The lowest BCUT2D eigenvalue weighted by Crippen LogP contribution is -2.12. The van der Waals surface area contributed by atoms with Crippen LogP contribution in [-0.4, -0.2) is 28.8 Å². The third-order valence-corrected chi connectivity index (χ3v) is 5.39. The van der Waals surface area contributed by atoms with E-state index < -0.39 is 14.9 Å². The Morgan fingerprint density at radius 1 is 1.24 bits per heavy atom. The van der Waals surface area contributed by atoms with Crippen LogP contribution in [0.5, 0.6) is 0 Å². The van der Waals surface area contributed by atoms with Gasteiger partial charge in [-0.1, -0.05) is 25.1 Å². The van der Waals surface area contributed by atoms with Crippen LogP contribution < -0.4 is 5.32 Å². The Morgan fingerprint density at radius 2 is 1.96 bits per heavy atom. The highest BCUT2D eigenvalue weighted by atomic mass is 32.2. The molecule has 0 atom stereocenters. The molecular formula is C16H16N4O4S. The summed E-state index contributed by atoms with van der Waals surface area (Å²) in [6, 6.07) is 9.48. The summed E-state index contributed by atoms with van der Waals surface area (Å²) in [6.07, 6.45) is 3.21. The molecule has 0 fully saturated rings. The summed E-state index contributed by atoms with van der Waals surface area (Å²) in [5, 5.41) is 14.6. The van der Waals surface area contributed by atoms with Crippen LogP contribution in [0.4, 0.5) is 11.4 Å². The number of fused-ring (bicyclic) bond motifs is 1. The molecule has 1 aromatic carbocycles. The standard InChI is InChI=1S/C16H16N4O4S/c1-2-9-17-15-13-8-10-19(16(13)18-11-14(15)20(21)22)25(23,24)12-6-4-3-5-7-12/h3-8,10-11H,2,9H2,1H3,(H,17,18). The van der Waals surface area contributed by atoms with Crippen LogP contribution in [0.15, 0.2) is 53.7 Å². The largest absolute Gasteiger partial charge is 0.379 e. The van der Waals surface area contributed by atoms with E-state index in [4.69, 9.17) is 0 Å². The van der Waals surface area contributed by atoms with Crippen molar-refractivity contribution in [2.75, 3.05) is 11.9 Å². The van der Waals surface area contributed by atoms with E-state index in [1.807, 2.05) is 6.92 Å². The molecule has 0 aliphatic heterocycles. The highest BCUT2D eigenvalue weighted by Gasteiger charge is 2.24. The lowest BCUT2D eigenvalue weighted by molar-refractivity contribution is -0.384. The fraction of sp³-hybridized carbons (Fsp3) is 0.188. The number of hydrogen-bond donors (Lipinski definition) is 1. The van der Waals surface area contributed by atoms with Crippen molar-refractivity contribution in [3.05, 3.63) is 58.9 Å². The molecule has 8 nitrogen and oxygen atoms in total. The van der Waals surface area contributed by atoms with E-state index in [1.165, 1.54) is 24.4 Å². The third-order valence-electron chi connectivity index (χ3n) is 3.71. The lowest BCUT2D eigenvalue weighted by atomic mass is 10.2. The van der Waals surface area contributed by atoms with Crippen LogP contribution >= 0.6 is 0 Å². The van der Waals surface area contributed by atoms with E-state index in [0.29, 0.717) is 11.9 Å². The second kappa shape index (κ2) is 6.52. The van der Waals surface area contributed by atoms with Gasteiger partial charge in [-0.2, -0.15) is 0 Å². The molecule has 2 aromatic heterocycles. The molecular weight excluding hydrogens is 344 g/mol. The van der Waals surface area contributed by atoms with Gasteiger partial charge in [0.1, 0.15) is 11.9 Å². The zero-order valence-corrected chi connectivity index (χ0v) is 14.2. The SMILES string of the molecule is CCCNc1c([N+](=O)[O-])cnc2c1ccn2S(=O)(=O)c1ccccc1. The van der Waals surface area contributed by atoms with Gasteiger partial charge in [-0.05, 0) is 24.6 Å². The highest BCUT2D eigenvalue weighted by Crippen LogP contribution is 2.33. The maximum Gasteiger partial charge on any atom is 0.311 e. The predicted octanol–water partition coefficient (Wildman–Crippen LogP) is 3.00. The molecule has 0 radical (unpaired) electrons. The molecule has 0 aliphatic carbocycles. The summed E-state index contributed by atoms with van der Waals surface area (Å²) in [6.45, 7) is 2.46. The van der Waals surface area contributed by atoms with Crippen molar-refractivity contribution in [1.29, 1.82) is 0 Å². The zero-order chi connectivity index (χ0) is 18.0. The van der Waals surface area contributed by atoms with Crippen molar-refractivity contribution in [2.45, 2.75) is 18.2 Å². The number of hydrogen-bond acceptors (Lipinski definition) is 6. The number of benzene rings is 1. The van der Waals surface area contributed by atoms with E-state index in [2.05, 4.69) is 10.3 Å². The second-order valence-electron chi connectivity index (χ2n) is 5.37. The van der Waals surface area contributed by atoms with E-state index in [1.54, 1.807) is 18.2 Å². The molecule has 0 bridgehead atoms. The molecule has 1 N–H and O–H groups in total. The molecule has 0 amide bonds. The second-order valence-corrected chi connectivity index (χ2v) is 7.18. The van der Waals surface area contributed by atoms with Crippen LogP contribution in [0.3, 0.4) is 0 Å². The Balaban J connectivity index is 2.22. The lowest BCUT2D eigenvalue weighted by Gasteiger charge is -2.09. The molecule has 0 saturated heterocycles. The van der Waals surface area contributed by atoms with Gasteiger partial charge in [0, 0.05) is 12.7 Å². The van der Waals surface area contributed by atoms with E-state index in [-0.39, 0.29) is 21.9 Å². The van der Waals surface area contributed by atoms with Crippen molar-refractivity contribution < 1.29 is 13.3 Å². The molecule has 9 heteroatoms. The number of pyridine rings is 1. The van der Waals surface area contributed by atoms with E-state index in [0.717, 1.165) is 16.6 Å². The van der Waals surface area contributed by atoms with E-state index >= 15 is 0 Å². The third kappa shape index (κ3) is 2.93. The van der Waals surface area contributed by atoms with Crippen LogP contribution in [0.1, 0.15) is 13.3 Å². The van der Waals surface area contributed by atoms with Gasteiger partial charge in [0.05, 0.1) is 15.2 Å². The fourth-order valence-electron chi connectivity index (χ4n) is 2.53. The summed E-state index contributed by atoms with van der Waals surface area (Å²) in [5.74, 6) is 0. The molecule has 0 unspecified atom stereocenters. The topological polar surface area (TPSA) is 107 Å². The number of anilines is 1. The minimum Gasteiger partial charge on any atom is -0.379 e. The Hall–Kier alpha value is -2.94. The quantitative estimate of drug-likeness (QED) is 0.535. The van der Waals surface area contributed by atoms with Gasteiger partial charge < -0.3 is 5.32 Å². The number of nitrogens with one attached hydrogen (secondary N) is 1. The smallest absolute Gasteiger partial charge is 0.311 e. The summed E-state index contributed by atoms with van der Waals surface area (Å²) in [5.41, 5.74) is 0.239. The van der Waals surface area contributed by atoms with Gasteiger partial charge in [-0.3, -0.25) is 10.1 Å². The summed E-state index contributed by atoms with van der Waals surface area (Å²) in [7, 11) is -3.84. The molecule has 0 aliphatic rings. The van der Waals surface area contributed by atoms with Crippen molar-refractivity contribution in [2.24, 2.45) is 0 Å². The molecule has 3 aromatic rings. The number of aromatic nitrogens is 2. The average Bonchev–Trinajstić information content (AvgIpc) is 3.05. The van der Waals surface area contributed by atoms with Crippen molar-refractivity contribution >= 4 is 32.4 Å². The monoisotopic (exact) mass is 360 g/mol. The van der Waals surface area contributed by atoms with Crippen LogP contribution in [-0.2, 0) is 10.0 Å². The summed E-state index contributed by atoms with van der Waals surface area (Å²) in [4.78, 5) is 14.9. The first kappa shape index (κ1) is 16.9. The Kier molecular flexibility index (Phi) is 4.41. The number of nitro groups is 1. The zero-order valence-electron chi connectivity index (χ0n) is 13.4. The van der Waals surface area contributed by atoms with E-state index in [9.17, 15) is 18.5 Å². The number of rotatable bonds is 6. The maximum absolute atomic E-state index is 12.8. The van der Waals surface area contributed by atoms with Gasteiger partial charge in [0.2, 0.25) is 0 Å². The van der Waals surface area contributed by atoms with Crippen LogP contribution in [0.25, 0.3) is 11.0 Å². The molecule has 3 rings (SSSR count). The minimum atomic E-state index is -3.84. The first-order valence-corrected chi connectivity index (χ1v) is 9.09. The average molecular weight is 360 g/mol. The normalized spacial score (nSPS) is 11.6. The fourth-order valence-corrected chi connectivity index (χ4v) is 3.85. The van der Waals surface area contributed by atoms with Gasteiger partial charge in [0.15, 0.2) is 5.65 Å². The van der Waals surface area contributed by atoms with Crippen molar-refractivity contribution in [3.8, 4) is 0 Å². The maximum atomic E-state index is 12.8. The number of nitrogens with zero attached hydrogens (tertiary/aromatic N) is 3. The Bertz CT molecular complexity index is 1030.